The van der Waals surface area contributed by atoms with Crippen molar-refractivity contribution in [2.24, 2.45) is 5.92 Å². The monoisotopic (exact) mass is 243 g/mol. The van der Waals surface area contributed by atoms with Crippen molar-refractivity contribution >= 4 is 0 Å². The number of aromatic nitrogens is 4. The third-order valence-electron chi connectivity index (χ3n) is 2.28. The van der Waals surface area contributed by atoms with Crippen molar-refractivity contribution in [3.63, 3.8) is 0 Å². The van der Waals surface area contributed by atoms with Gasteiger partial charge in [-0.15, -0.1) is 10.2 Å². The van der Waals surface area contributed by atoms with E-state index < -0.39 is 0 Å². The van der Waals surface area contributed by atoms with Crippen molar-refractivity contribution in [1.29, 1.82) is 5.26 Å². The lowest BCUT2D eigenvalue weighted by molar-refractivity contribution is 0.270. The summed E-state index contributed by atoms with van der Waals surface area (Å²) in [6.07, 6.45) is 0. The van der Waals surface area contributed by atoms with E-state index >= 15 is 0 Å². The highest BCUT2D eigenvalue weighted by Crippen LogP contribution is 2.24. The largest absolute Gasteiger partial charge is 0.492 e. The Morgan fingerprint density at radius 2 is 2.28 bits per heavy atom. The van der Waals surface area contributed by atoms with Gasteiger partial charge >= 0.3 is 0 Å². The van der Waals surface area contributed by atoms with Crippen LogP contribution in [0.25, 0.3) is 11.4 Å². The van der Waals surface area contributed by atoms with Gasteiger partial charge in [0.15, 0.2) is 0 Å². The molecule has 2 aromatic rings. The van der Waals surface area contributed by atoms with Crippen molar-refractivity contribution in [3.8, 4) is 23.2 Å². The highest BCUT2D eigenvalue weighted by molar-refractivity contribution is 5.60. The highest BCUT2D eigenvalue weighted by atomic mass is 16.5. The maximum Gasteiger partial charge on any atom is 0.204 e. The van der Waals surface area contributed by atoms with Crippen molar-refractivity contribution in [2.45, 2.75) is 13.8 Å². The maximum absolute atomic E-state index is 9.11. The Labute approximate surface area is 105 Å². The summed E-state index contributed by atoms with van der Waals surface area (Å²) in [4.78, 5) is 0. The first-order chi connectivity index (χ1) is 8.70. The van der Waals surface area contributed by atoms with Crippen LogP contribution in [0.15, 0.2) is 18.2 Å². The Kier molecular flexibility index (Phi) is 3.53. The maximum atomic E-state index is 9.11. The molecule has 1 aromatic heterocycles. The number of benzene rings is 1. The highest BCUT2D eigenvalue weighted by Gasteiger charge is 2.09. The van der Waals surface area contributed by atoms with Crippen molar-refractivity contribution in [1.82, 2.24) is 20.6 Å². The van der Waals surface area contributed by atoms with Gasteiger partial charge in [0.1, 0.15) is 11.8 Å². The standard InChI is InChI=1S/C12H13N5O/c1-8(2)7-18-11-4-3-9(5-10(11)6-13)12-14-16-17-15-12/h3-5,8H,7H2,1-2H3,(H,14,15,16,17). The normalized spacial score (nSPS) is 10.3. The molecule has 0 atom stereocenters. The van der Waals surface area contributed by atoms with Gasteiger partial charge in [0, 0.05) is 5.56 Å². The summed E-state index contributed by atoms with van der Waals surface area (Å²) in [6.45, 7) is 4.69. The van der Waals surface area contributed by atoms with E-state index in [-0.39, 0.29) is 0 Å². The van der Waals surface area contributed by atoms with E-state index in [1.807, 2.05) is 0 Å². The fourth-order valence-corrected chi connectivity index (χ4v) is 1.42. The van der Waals surface area contributed by atoms with Gasteiger partial charge in [0.25, 0.3) is 0 Å². The van der Waals surface area contributed by atoms with Crippen LogP contribution < -0.4 is 4.74 Å². The van der Waals surface area contributed by atoms with Crippen LogP contribution in [0, 0.1) is 17.2 Å². The van der Waals surface area contributed by atoms with Gasteiger partial charge in [-0.25, -0.2) is 0 Å². The Balaban J connectivity index is 2.27. The number of nitrogens with one attached hydrogen (secondary N) is 1. The van der Waals surface area contributed by atoms with Gasteiger partial charge in [-0.2, -0.15) is 10.5 Å². The number of rotatable bonds is 4. The topological polar surface area (TPSA) is 87.5 Å². The number of nitrogens with zero attached hydrogens (tertiary/aromatic N) is 4. The smallest absolute Gasteiger partial charge is 0.204 e. The quantitative estimate of drug-likeness (QED) is 0.884. The van der Waals surface area contributed by atoms with Crippen LogP contribution in [0.3, 0.4) is 0 Å². The average molecular weight is 243 g/mol. The van der Waals surface area contributed by atoms with Gasteiger partial charge in [-0.3, -0.25) is 0 Å². The SMILES string of the molecule is CC(C)COc1ccc(-c2nn[nH]n2)cc1C#N. The number of hydrogen-bond acceptors (Lipinski definition) is 5. The first-order valence-electron chi connectivity index (χ1n) is 5.61. The molecule has 0 aliphatic rings. The lowest BCUT2D eigenvalue weighted by Gasteiger charge is -2.10. The molecule has 0 aliphatic heterocycles. The second-order valence-electron chi connectivity index (χ2n) is 4.26. The minimum atomic E-state index is 0.411. The summed E-state index contributed by atoms with van der Waals surface area (Å²) in [5.41, 5.74) is 1.20. The minimum Gasteiger partial charge on any atom is -0.492 e. The molecule has 92 valence electrons. The molecule has 0 radical (unpaired) electrons. The molecule has 1 aromatic carbocycles. The Bertz CT molecular complexity index is 556. The van der Waals surface area contributed by atoms with Gasteiger partial charge in [0.2, 0.25) is 5.82 Å². The van der Waals surface area contributed by atoms with Crippen LogP contribution in [0.5, 0.6) is 5.75 Å². The van der Waals surface area contributed by atoms with E-state index in [4.69, 9.17) is 10.00 Å². The predicted octanol–water partition coefficient (Wildman–Crippen LogP) is 1.77. The molecule has 0 saturated carbocycles. The molecule has 0 amide bonds. The second-order valence-corrected chi connectivity index (χ2v) is 4.26. The van der Waals surface area contributed by atoms with E-state index in [2.05, 4.69) is 40.5 Å². The Hall–Kier alpha value is -2.42. The molecule has 0 bridgehead atoms. The number of hydrogen-bond donors (Lipinski definition) is 1. The summed E-state index contributed by atoms with van der Waals surface area (Å²) in [5, 5.41) is 22.7. The summed E-state index contributed by atoms with van der Waals surface area (Å²) in [6, 6.07) is 7.37. The molecule has 0 unspecified atom stereocenters. The zero-order chi connectivity index (χ0) is 13.0. The third kappa shape index (κ3) is 2.63. The van der Waals surface area contributed by atoms with E-state index in [0.29, 0.717) is 29.7 Å². The zero-order valence-electron chi connectivity index (χ0n) is 10.2. The Morgan fingerprint density at radius 3 is 2.89 bits per heavy atom. The lowest BCUT2D eigenvalue weighted by Crippen LogP contribution is -2.05. The van der Waals surface area contributed by atoms with Gasteiger partial charge in [0.05, 0.1) is 12.2 Å². The van der Waals surface area contributed by atoms with Crippen LogP contribution in [-0.2, 0) is 0 Å². The second kappa shape index (κ2) is 5.27. The van der Waals surface area contributed by atoms with Gasteiger partial charge < -0.3 is 4.74 Å². The molecule has 6 heteroatoms. The molecule has 0 saturated heterocycles. The van der Waals surface area contributed by atoms with Crippen LogP contribution >= 0.6 is 0 Å². The van der Waals surface area contributed by atoms with Crippen LogP contribution in [0.2, 0.25) is 0 Å². The minimum absolute atomic E-state index is 0.411. The molecule has 1 N–H and O–H groups in total. The molecule has 0 aliphatic carbocycles. The van der Waals surface area contributed by atoms with E-state index in [0.717, 1.165) is 5.56 Å². The molecular formula is C12H13N5O. The predicted molar refractivity (Wildman–Crippen MR) is 64.7 cm³/mol. The fraction of sp³-hybridized carbons (Fsp3) is 0.333. The molecule has 0 fully saturated rings. The summed E-state index contributed by atoms with van der Waals surface area (Å²) >= 11 is 0. The number of aromatic amines is 1. The number of H-pyrrole nitrogens is 1. The molecule has 1 heterocycles. The zero-order valence-corrected chi connectivity index (χ0v) is 10.2. The fourth-order valence-electron chi connectivity index (χ4n) is 1.42. The van der Waals surface area contributed by atoms with Crippen LogP contribution in [0.4, 0.5) is 0 Å². The van der Waals surface area contributed by atoms with Crippen LogP contribution in [0.1, 0.15) is 19.4 Å². The number of nitriles is 1. The van der Waals surface area contributed by atoms with Gasteiger partial charge in [-0.05, 0) is 29.3 Å². The van der Waals surface area contributed by atoms with Crippen molar-refractivity contribution < 1.29 is 4.74 Å². The summed E-state index contributed by atoms with van der Waals surface area (Å²) < 4.78 is 5.58. The number of ether oxygens (including phenoxy) is 1. The molecule has 0 spiro atoms. The first-order valence-corrected chi connectivity index (χ1v) is 5.61. The van der Waals surface area contributed by atoms with Crippen molar-refractivity contribution in [2.75, 3.05) is 6.61 Å². The summed E-state index contributed by atoms with van der Waals surface area (Å²) in [7, 11) is 0. The van der Waals surface area contributed by atoms with Crippen molar-refractivity contribution in [3.05, 3.63) is 23.8 Å². The average Bonchev–Trinajstić information content (AvgIpc) is 2.90. The molecule has 6 nitrogen and oxygen atoms in total. The first kappa shape index (κ1) is 12.0. The lowest BCUT2D eigenvalue weighted by atomic mass is 10.1. The van der Waals surface area contributed by atoms with E-state index in [9.17, 15) is 0 Å². The van der Waals surface area contributed by atoms with Gasteiger partial charge in [-0.1, -0.05) is 13.8 Å². The number of tetrazole rings is 1. The summed E-state index contributed by atoms with van der Waals surface area (Å²) in [5.74, 6) is 1.45. The third-order valence-corrected chi connectivity index (χ3v) is 2.28. The Morgan fingerprint density at radius 1 is 1.44 bits per heavy atom. The van der Waals surface area contributed by atoms with E-state index in [1.54, 1.807) is 18.2 Å². The molecule has 2 rings (SSSR count). The van der Waals surface area contributed by atoms with E-state index in [1.165, 1.54) is 0 Å². The molecule has 18 heavy (non-hydrogen) atoms. The van der Waals surface area contributed by atoms with Crippen LogP contribution in [-0.4, -0.2) is 27.2 Å². The molecular weight excluding hydrogens is 230 g/mol.